The lowest BCUT2D eigenvalue weighted by atomic mass is 9.77. The Hall–Kier alpha value is -3.25. The summed E-state index contributed by atoms with van der Waals surface area (Å²) in [4.78, 5) is 28.4. The third-order valence-corrected chi connectivity index (χ3v) is 9.17. The van der Waals surface area contributed by atoms with Crippen LogP contribution in [-0.4, -0.2) is 83.8 Å². The first-order valence-electron chi connectivity index (χ1n) is 15.0. The molecule has 219 valence electrons. The first-order valence-corrected chi connectivity index (χ1v) is 15.0. The number of amides is 1. The van der Waals surface area contributed by atoms with E-state index in [-0.39, 0.29) is 24.3 Å². The summed E-state index contributed by atoms with van der Waals surface area (Å²) in [5.41, 5.74) is 3.92. The van der Waals surface area contributed by atoms with Crippen LogP contribution in [0.5, 0.6) is 6.01 Å². The van der Waals surface area contributed by atoms with Gasteiger partial charge in [-0.2, -0.15) is 10.2 Å². The van der Waals surface area contributed by atoms with Gasteiger partial charge < -0.3 is 19.4 Å². The minimum Gasteiger partial charge on any atom is -0.462 e. The molecule has 0 N–H and O–H groups in total. The van der Waals surface area contributed by atoms with E-state index in [1.54, 1.807) is 4.90 Å². The maximum absolute atomic E-state index is 15.0. The van der Waals surface area contributed by atoms with Crippen molar-refractivity contribution in [3.8, 4) is 12.1 Å². The lowest BCUT2D eigenvalue weighted by molar-refractivity contribution is -0.128. The van der Waals surface area contributed by atoms with Gasteiger partial charge >= 0.3 is 6.01 Å². The number of likely N-dealkylation sites (N-methyl/N-ethyl adjacent to an activating group) is 1. The minimum absolute atomic E-state index is 0.158. The number of piperazine rings is 1. The first kappa shape index (κ1) is 29.2. The lowest BCUT2D eigenvalue weighted by Crippen LogP contribution is -2.55. The number of anilines is 1. The SMILES string of the molecule is C=CC(=O)N1CCN(c2nc(OCC3CCCN3C)nc(C)c2CC[C@@H]2CC3=C(C=CC[CH]3)C(F)C2)CC1CC#N. The highest BCUT2D eigenvalue weighted by atomic mass is 19.1. The third-order valence-electron chi connectivity index (χ3n) is 9.17. The van der Waals surface area contributed by atoms with E-state index in [9.17, 15) is 10.1 Å². The number of ether oxygens (including phenoxy) is 1. The Balaban J connectivity index is 1.37. The average molecular weight is 562 g/mol. The van der Waals surface area contributed by atoms with Gasteiger partial charge in [-0.1, -0.05) is 24.3 Å². The van der Waals surface area contributed by atoms with Crippen LogP contribution < -0.4 is 9.64 Å². The van der Waals surface area contributed by atoms with Crippen LogP contribution in [0.4, 0.5) is 10.2 Å². The fourth-order valence-electron chi connectivity index (χ4n) is 6.79. The van der Waals surface area contributed by atoms with E-state index in [2.05, 4.69) is 35.9 Å². The molecule has 2 aliphatic carbocycles. The second-order valence-corrected chi connectivity index (χ2v) is 11.8. The fraction of sp³-hybridized carbons (Fsp3) is 0.594. The molecule has 2 fully saturated rings. The van der Waals surface area contributed by atoms with Crippen LogP contribution in [0.1, 0.15) is 56.2 Å². The molecular formula is C32H42FN6O2. The predicted molar refractivity (Wildman–Crippen MR) is 157 cm³/mol. The molecule has 0 aromatic carbocycles. The molecular weight excluding hydrogens is 519 g/mol. The number of likely N-dealkylation sites (tertiary alicyclic amines) is 1. The van der Waals surface area contributed by atoms with Gasteiger partial charge in [0.25, 0.3) is 0 Å². The second-order valence-electron chi connectivity index (χ2n) is 11.8. The van der Waals surface area contributed by atoms with E-state index >= 15 is 4.39 Å². The van der Waals surface area contributed by atoms with Gasteiger partial charge in [0.15, 0.2) is 0 Å². The largest absolute Gasteiger partial charge is 0.462 e. The molecule has 4 atom stereocenters. The number of nitrogens with zero attached hydrogens (tertiary/aromatic N) is 6. The van der Waals surface area contributed by atoms with Crippen molar-refractivity contribution in [3.63, 3.8) is 0 Å². The maximum Gasteiger partial charge on any atom is 0.318 e. The van der Waals surface area contributed by atoms with Crippen LogP contribution in [0.25, 0.3) is 0 Å². The molecule has 41 heavy (non-hydrogen) atoms. The van der Waals surface area contributed by atoms with E-state index in [1.807, 2.05) is 19.1 Å². The summed E-state index contributed by atoms with van der Waals surface area (Å²) < 4.78 is 21.2. The van der Waals surface area contributed by atoms with Crippen molar-refractivity contribution in [2.24, 2.45) is 5.92 Å². The normalized spacial score (nSPS) is 26.6. The minimum atomic E-state index is -0.917. The monoisotopic (exact) mass is 561 g/mol. The molecule has 1 radical (unpaired) electrons. The molecule has 2 saturated heterocycles. The number of rotatable bonds is 9. The number of hydrogen-bond acceptors (Lipinski definition) is 7. The summed E-state index contributed by atoms with van der Waals surface area (Å²) in [5, 5.41) is 9.49. The summed E-state index contributed by atoms with van der Waals surface area (Å²) in [6, 6.07) is 2.69. The van der Waals surface area contributed by atoms with Crippen molar-refractivity contribution < 1.29 is 13.9 Å². The predicted octanol–water partition coefficient (Wildman–Crippen LogP) is 4.52. The zero-order chi connectivity index (χ0) is 28.9. The lowest BCUT2D eigenvalue weighted by Gasteiger charge is -2.41. The second kappa shape index (κ2) is 13.2. The Morgan fingerprint density at radius 3 is 2.90 bits per heavy atom. The average Bonchev–Trinajstić information content (AvgIpc) is 3.39. The Morgan fingerprint density at radius 2 is 2.15 bits per heavy atom. The summed E-state index contributed by atoms with van der Waals surface area (Å²) in [5.74, 6) is 0.899. The fourth-order valence-corrected chi connectivity index (χ4v) is 6.79. The van der Waals surface area contributed by atoms with Gasteiger partial charge in [0, 0.05) is 36.9 Å². The first-order chi connectivity index (χ1) is 19.9. The van der Waals surface area contributed by atoms with E-state index in [0.29, 0.717) is 44.7 Å². The number of carbonyl (C=O) groups is 1. The van der Waals surface area contributed by atoms with Crippen molar-refractivity contribution in [2.45, 2.75) is 76.5 Å². The van der Waals surface area contributed by atoms with Crippen LogP contribution in [0.2, 0.25) is 0 Å². The molecule has 0 spiro atoms. The molecule has 4 aliphatic rings. The number of aryl methyl sites for hydroxylation is 1. The Bertz CT molecular complexity index is 1240. The molecule has 3 unspecified atom stereocenters. The third kappa shape index (κ3) is 6.64. The van der Waals surface area contributed by atoms with E-state index in [1.165, 1.54) is 6.08 Å². The molecule has 1 amide bonds. The molecule has 9 heteroatoms. The quantitative estimate of drug-likeness (QED) is 0.410. The van der Waals surface area contributed by atoms with Crippen molar-refractivity contribution in [1.82, 2.24) is 19.8 Å². The van der Waals surface area contributed by atoms with Gasteiger partial charge in [0.05, 0.1) is 18.5 Å². The highest BCUT2D eigenvalue weighted by Crippen LogP contribution is 2.39. The Morgan fingerprint density at radius 1 is 1.29 bits per heavy atom. The number of halogens is 1. The topological polar surface area (TPSA) is 85.6 Å². The van der Waals surface area contributed by atoms with Crippen LogP contribution in [-0.2, 0) is 11.2 Å². The van der Waals surface area contributed by atoms with Gasteiger partial charge in [0.2, 0.25) is 5.91 Å². The molecule has 3 heterocycles. The van der Waals surface area contributed by atoms with Gasteiger partial charge in [-0.05, 0) is 89.4 Å². The maximum atomic E-state index is 15.0. The number of allylic oxidation sites excluding steroid dienone is 4. The van der Waals surface area contributed by atoms with E-state index in [4.69, 9.17) is 14.7 Å². The van der Waals surface area contributed by atoms with Gasteiger partial charge in [-0.15, -0.1) is 0 Å². The van der Waals surface area contributed by atoms with Crippen molar-refractivity contribution in [1.29, 1.82) is 5.26 Å². The molecule has 2 aliphatic heterocycles. The van der Waals surface area contributed by atoms with Crippen LogP contribution in [0.3, 0.4) is 0 Å². The molecule has 1 aromatic heterocycles. The van der Waals surface area contributed by atoms with Gasteiger partial charge in [-0.25, -0.2) is 9.37 Å². The summed E-state index contributed by atoms with van der Waals surface area (Å²) in [6.45, 7) is 8.81. The van der Waals surface area contributed by atoms with Crippen molar-refractivity contribution in [3.05, 3.63) is 53.6 Å². The van der Waals surface area contributed by atoms with E-state index < -0.39 is 6.17 Å². The smallest absolute Gasteiger partial charge is 0.318 e. The highest BCUT2D eigenvalue weighted by molar-refractivity contribution is 5.87. The van der Waals surface area contributed by atoms with Gasteiger partial charge in [-0.3, -0.25) is 4.79 Å². The molecule has 0 saturated carbocycles. The standard InChI is InChI=1S/C32H42FN6O2/c1-4-30(40)39-17-16-38(20-25(39)13-14-34)31-27(12-11-23-18-24-8-5-6-10-28(24)29(33)19-23)22(2)35-32(36-31)41-21-26-9-7-15-37(26)3/h4,6,8,10,23,25-26,29H,1,5,7,9,11-13,15-21H2,2-3H3/t23-,25?,26?,29?/m1/s1. The Labute approximate surface area is 243 Å². The zero-order valence-corrected chi connectivity index (χ0v) is 24.4. The van der Waals surface area contributed by atoms with Crippen molar-refractivity contribution >= 4 is 11.7 Å². The van der Waals surface area contributed by atoms with Crippen LogP contribution in [0, 0.1) is 30.6 Å². The summed E-state index contributed by atoms with van der Waals surface area (Å²) in [7, 11) is 2.12. The molecule has 8 nitrogen and oxygen atoms in total. The van der Waals surface area contributed by atoms with Gasteiger partial charge in [0.1, 0.15) is 18.6 Å². The molecule has 0 bridgehead atoms. The number of carbonyl (C=O) groups excluding carboxylic acids is 1. The number of nitriles is 1. The zero-order valence-electron chi connectivity index (χ0n) is 24.4. The highest BCUT2D eigenvalue weighted by Gasteiger charge is 2.33. The number of hydrogen-bond donors (Lipinski definition) is 0. The summed E-state index contributed by atoms with van der Waals surface area (Å²) >= 11 is 0. The Kier molecular flexibility index (Phi) is 9.39. The number of alkyl halides is 1. The molecule has 5 rings (SSSR count). The summed E-state index contributed by atoms with van der Waals surface area (Å²) in [6.07, 6.45) is 12.9. The number of aromatic nitrogens is 2. The van der Waals surface area contributed by atoms with E-state index in [0.717, 1.165) is 73.3 Å². The van der Waals surface area contributed by atoms with Crippen LogP contribution >= 0.6 is 0 Å². The van der Waals surface area contributed by atoms with Crippen LogP contribution in [0.15, 0.2) is 36.0 Å². The van der Waals surface area contributed by atoms with Crippen molar-refractivity contribution in [2.75, 3.05) is 44.7 Å². The molecule has 1 aromatic rings.